The molecule has 0 aliphatic carbocycles. The van der Waals surface area contributed by atoms with Gasteiger partial charge in [-0.15, -0.1) is 0 Å². The van der Waals surface area contributed by atoms with E-state index in [2.05, 4.69) is 16.0 Å². The molecule has 9 heteroatoms. The Kier molecular flexibility index (Phi) is 9.09. The minimum atomic E-state index is -4.53. The fourth-order valence-corrected chi connectivity index (χ4v) is 3.53. The van der Waals surface area contributed by atoms with Crippen LogP contribution < -0.4 is 16.0 Å². The van der Waals surface area contributed by atoms with Gasteiger partial charge in [-0.2, -0.15) is 13.2 Å². The minimum Gasteiger partial charge on any atom is -0.350 e. The van der Waals surface area contributed by atoms with E-state index in [9.17, 15) is 22.8 Å². The molecule has 0 bridgehead atoms. The lowest BCUT2D eigenvalue weighted by atomic mass is 9.86. The van der Waals surface area contributed by atoms with E-state index in [-0.39, 0.29) is 17.6 Å². The van der Waals surface area contributed by atoms with Crippen LogP contribution in [-0.4, -0.2) is 49.6 Å². The molecule has 0 aliphatic heterocycles. The van der Waals surface area contributed by atoms with Crippen molar-refractivity contribution in [3.8, 4) is 0 Å². The van der Waals surface area contributed by atoms with Crippen LogP contribution in [0.1, 0.15) is 31.9 Å². The molecule has 34 heavy (non-hydrogen) atoms. The van der Waals surface area contributed by atoms with Crippen LogP contribution in [0.4, 0.5) is 23.7 Å². The molecule has 2 aromatic rings. The molecule has 0 heterocycles. The van der Waals surface area contributed by atoms with Gasteiger partial charge in [-0.25, -0.2) is 4.79 Å². The highest BCUT2D eigenvalue weighted by molar-refractivity contribution is 5.94. The van der Waals surface area contributed by atoms with Crippen LogP contribution in [0.5, 0.6) is 0 Å². The maximum Gasteiger partial charge on any atom is 0.416 e. The number of nitrogens with zero attached hydrogens (tertiary/aromatic N) is 1. The average molecular weight is 479 g/mol. The number of anilines is 1. The minimum absolute atomic E-state index is 0.0186. The van der Waals surface area contributed by atoms with Crippen molar-refractivity contribution in [1.29, 1.82) is 0 Å². The van der Waals surface area contributed by atoms with Gasteiger partial charge < -0.3 is 20.9 Å². The molecule has 2 atom stereocenters. The average Bonchev–Trinajstić information content (AvgIpc) is 2.71. The number of carbonyl (C=O) groups is 2. The third-order valence-electron chi connectivity index (χ3n) is 5.11. The Morgan fingerprint density at radius 3 is 2.15 bits per heavy atom. The molecular weight excluding hydrogens is 445 g/mol. The molecule has 0 unspecified atom stereocenters. The van der Waals surface area contributed by atoms with E-state index in [1.54, 1.807) is 20.8 Å². The maximum atomic E-state index is 13.2. The molecule has 2 rings (SSSR count). The second-order valence-corrected chi connectivity index (χ2v) is 9.63. The van der Waals surface area contributed by atoms with Gasteiger partial charge in [0.2, 0.25) is 5.91 Å². The molecule has 0 fully saturated rings. The van der Waals surface area contributed by atoms with Gasteiger partial charge in [-0.1, -0.05) is 57.2 Å². The third kappa shape index (κ3) is 8.70. The first-order valence-corrected chi connectivity index (χ1v) is 11.0. The van der Waals surface area contributed by atoms with Crippen molar-refractivity contribution in [3.63, 3.8) is 0 Å². The fraction of sp³-hybridized carbons (Fsp3) is 0.440. The quantitative estimate of drug-likeness (QED) is 0.522. The number of alkyl halides is 3. The number of hydrogen-bond donors (Lipinski definition) is 3. The summed E-state index contributed by atoms with van der Waals surface area (Å²) in [6.07, 6.45) is -3.92. The lowest BCUT2D eigenvalue weighted by Crippen LogP contribution is -2.57. The van der Waals surface area contributed by atoms with E-state index in [1.165, 1.54) is 12.1 Å². The Bertz CT molecular complexity index is 957. The van der Waals surface area contributed by atoms with Crippen molar-refractivity contribution < 1.29 is 22.8 Å². The SMILES string of the molecule is CN(C)C[C@H](Cc1ccccc1)NC(=O)[C@@H](NC(=O)Nc1cccc(C(F)(F)F)c1)C(C)(C)C. The van der Waals surface area contributed by atoms with E-state index < -0.39 is 29.2 Å². The Morgan fingerprint density at radius 2 is 1.59 bits per heavy atom. The second kappa shape index (κ2) is 11.4. The van der Waals surface area contributed by atoms with Crippen LogP contribution in [0.2, 0.25) is 0 Å². The van der Waals surface area contributed by atoms with Crippen LogP contribution in [-0.2, 0) is 17.4 Å². The number of nitrogens with one attached hydrogen (secondary N) is 3. The largest absolute Gasteiger partial charge is 0.416 e. The van der Waals surface area contributed by atoms with Crippen LogP contribution in [0, 0.1) is 5.41 Å². The summed E-state index contributed by atoms with van der Waals surface area (Å²) in [5, 5.41) is 8.06. The summed E-state index contributed by atoms with van der Waals surface area (Å²) < 4.78 is 38.9. The van der Waals surface area contributed by atoms with Crippen molar-refractivity contribution in [3.05, 3.63) is 65.7 Å². The smallest absolute Gasteiger partial charge is 0.350 e. The van der Waals surface area contributed by atoms with E-state index in [0.717, 1.165) is 17.7 Å². The van der Waals surface area contributed by atoms with Crippen LogP contribution in [0.15, 0.2) is 54.6 Å². The highest BCUT2D eigenvalue weighted by Crippen LogP contribution is 2.30. The number of halogens is 3. The zero-order chi connectivity index (χ0) is 25.5. The van der Waals surface area contributed by atoms with Gasteiger partial charge >= 0.3 is 12.2 Å². The zero-order valence-electron chi connectivity index (χ0n) is 20.2. The zero-order valence-corrected chi connectivity index (χ0v) is 20.2. The Balaban J connectivity index is 2.13. The molecule has 0 radical (unpaired) electrons. The summed E-state index contributed by atoms with van der Waals surface area (Å²) in [6, 6.07) is 12.2. The van der Waals surface area contributed by atoms with Crippen LogP contribution in [0.25, 0.3) is 0 Å². The molecule has 0 saturated carbocycles. The fourth-order valence-electron chi connectivity index (χ4n) is 3.53. The monoisotopic (exact) mass is 478 g/mol. The molecule has 0 saturated heterocycles. The third-order valence-corrected chi connectivity index (χ3v) is 5.11. The van der Waals surface area contributed by atoms with Gasteiger partial charge in [-0.05, 0) is 49.7 Å². The Labute approximate surface area is 198 Å². The molecule has 3 amide bonds. The number of rotatable bonds is 8. The van der Waals surface area contributed by atoms with Crippen molar-refractivity contribution in [1.82, 2.24) is 15.5 Å². The van der Waals surface area contributed by atoms with Crippen molar-refractivity contribution >= 4 is 17.6 Å². The predicted octanol–water partition coefficient (Wildman–Crippen LogP) is 4.53. The summed E-state index contributed by atoms with van der Waals surface area (Å²) >= 11 is 0. The number of carbonyl (C=O) groups excluding carboxylic acids is 2. The van der Waals surface area contributed by atoms with Gasteiger partial charge in [0, 0.05) is 18.3 Å². The highest BCUT2D eigenvalue weighted by atomic mass is 19.4. The van der Waals surface area contributed by atoms with Gasteiger partial charge in [0.15, 0.2) is 0 Å². The van der Waals surface area contributed by atoms with Crippen LogP contribution in [0.3, 0.4) is 0 Å². The summed E-state index contributed by atoms with van der Waals surface area (Å²) in [5.74, 6) is -0.366. The molecule has 186 valence electrons. The molecule has 0 aliphatic rings. The number of hydrogen-bond acceptors (Lipinski definition) is 3. The standard InChI is InChI=1S/C25H33F3N4O2/c1-24(2,3)21(31-23(34)30-19-13-9-12-18(15-19)25(26,27)28)22(33)29-20(16-32(4)5)14-17-10-7-6-8-11-17/h6-13,15,20-21H,14,16H2,1-5H3,(H,29,33)(H2,30,31,34)/t20-,21+/m0/s1. The first-order valence-electron chi connectivity index (χ1n) is 11.0. The van der Waals surface area contributed by atoms with Gasteiger partial charge in [0.25, 0.3) is 0 Å². The Morgan fingerprint density at radius 1 is 0.941 bits per heavy atom. The van der Waals surface area contributed by atoms with Crippen LogP contribution >= 0.6 is 0 Å². The topological polar surface area (TPSA) is 73.5 Å². The van der Waals surface area contributed by atoms with Crippen molar-refractivity contribution in [2.24, 2.45) is 5.41 Å². The molecular formula is C25H33F3N4O2. The predicted molar refractivity (Wildman–Crippen MR) is 127 cm³/mol. The number of urea groups is 1. The van der Waals surface area contributed by atoms with E-state index in [0.29, 0.717) is 13.0 Å². The van der Waals surface area contributed by atoms with Crippen molar-refractivity contribution in [2.75, 3.05) is 26.0 Å². The van der Waals surface area contributed by atoms with Gasteiger partial charge in [0.1, 0.15) is 6.04 Å². The number of likely N-dealkylation sites (N-methyl/N-ethyl adjacent to an activating group) is 1. The molecule has 6 nitrogen and oxygen atoms in total. The summed E-state index contributed by atoms with van der Waals surface area (Å²) in [7, 11) is 3.82. The lowest BCUT2D eigenvalue weighted by molar-refractivity contribution is -0.137. The maximum absolute atomic E-state index is 13.2. The Hall–Kier alpha value is -3.07. The lowest BCUT2D eigenvalue weighted by Gasteiger charge is -2.32. The first kappa shape index (κ1) is 27.2. The second-order valence-electron chi connectivity index (χ2n) is 9.63. The van der Waals surface area contributed by atoms with Gasteiger partial charge in [0.05, 0.1) is 5.56 Å². The number of amides is 3. The molecule has 0 aromatic heterocycles. The summed E-state index contributed by atoms with van der Waals surface area (Å²) in [4.78, 5) is 27.8. The molecule has 0 spiro atoms. The molecule has 2 aromatic carbocycles. The van der Waals surface area contributed by atoms with Crippen molar-refractivity contribution in [2.45, 2.75) is 45.5 Å². The van der Waals surface area contributed by atoms with E-state index in [1.807, 2.05) is 49.3 Å². The van der Waals surface area contributed by atoms with E-state index >= 15 is 0 Å². The normalized spacial score (nSPS) is 13.8. The summed E-state index contributed by atoms with van der Waals surface area (Å²) in [5.41, 5.74) is -0.472. The highest BCUT2D eigenvalue weighted by Gasteiger charge is 2.34. The van der Waals surface area contributed by atoms with E-state index in [4.69, 9.17) is 0 Å². The molecule has 3 N–H and O–H groups in total. The number of benzene rings is 2. The summed E-state index contributed by atoms with van der Waals surface area (Å²) in [6.45, 7) is 6.01. The van der Waals surface area contributed by atoms with Gasteiger partial charge in [-0.3, -0.25) is 4.79 Å². The first-order chi connectivity index (χ1) is 15.8.